The summed E-state index contributed by atoms with van der Waals surface area (Å²) >= 11 is 0. The lowest BCUT2D eigenvalue weighted by molar-refractivity contribution is 0.612. The van der Waals surface area contributed by atoms with Crippen LogP contribution in [0, 0.1) is 5.82 Å². The quantitative estimate of drug-likeness (QED) is 0.716. The first kappa shape index (κ1) is 16.1. The van der Waals surface area contributed by atoms with Gasteiger partial charge in [0.25, 0.3) is 10.9 Å². The van der Waals surface area contributed by atoms with Crippen molar-refractivity contribution in [3.63, 3.8) is 0 Å². The molecule has 0 saturated carbocycles. The number of hydrogen-bond donors (Lipinski definition) is 3. The van der Waals surface area contributed by atoms with Gasteiger partial charge in [-0.3, -0.25) is 9.59 Å². The van der Waals surface area contributed by atoms with Crippen LogP contribution >= 0.6 is 12.4 Å². The fraction of sp³-hybridized carbons (Fsp3) is 0.231. The van der Waals surface area contributed by atoms with Crippen molar-refractivity contribution in [2.24, 2.45) is 5.73 Å². The van der Waals surface area contributed by atoms with Gasteiger partial charge >= 0.3 is 0 Å². The highest BCUT2D eigenvalue weighted by molar-refractivity contribution is 5.85. The van der Waals surface area contributed by atoms with Gasteiger partial charge in [-0.1, -0.05) is 6.07 Å². The van der Waals surface area contributed by atoms with E-state index in [4.69, 9.17) is 5.73 Å². The third-order valence-corrected chi connectivity index (χ3v) is 2.96. The second kappa shape index (κ2) is 6.49. The molecule has 0 aromatic heterocycles. The number of hydrogen-bond acceptors (Lipinski definition) is 5. The average Bonchev–Trinajstić information content (AvgIpc) is 2.43. The number of benzene rings is 1. The molecule has 2 rings (SSSR count). The van der Waals surface area contributed by atoms with Crippen LogP contribution in [0.2, 0.25) is 0 Å². The summed E-state index contributed by atoms with van der Waals surface area (Å²) in [6.45, 7) is 0.439. The Hall–Kier alpha value is -1.92. The zero-order chi connectivity index (χ0) is 14.0. The van der Waals surface area contributed by atoms with Gasteiger partial charge in [0, 0.05) is 25.7 Å². The fourth-order valence-electron chi connectivity index (χ4n) is 1.87. The van der Waals surface area contributed by atoms with Crippen molar-refractivity contribution >= 4 is 23.8 Å². The van der Waals surface area contributed by atoms with Gasteiger partial charge < -0.3 is 16.4 Å². The molecule has 0 fully saturated rings. The Balaban J connectivity index is 0.00000200. The fourth-order valence-corrected chi connectivity index (χ4v) is 1.87. The van der Waals surface area contributed by atoms with E-state index in [0.717, 1.165) is 5.56 Å². The lowest BCUT2D eigenvalue weighted by Crippen LogP contribution is -2.36. The molecule has 0 aliphatic carbocycles. The summed E-state index contributed by atoms with van der Waals surface area (Å²) in [5.74, 6) is -0.380. The van der Waals surface area contributed by atoms with E-state index < -0.39 is 10.9 Å². The summed E-state index contributed by atoms with van der Waals surface area (Å²) in [4.78, 5) is 22.5. The van der Waals surface area contributed by atoms with Crippen molar-refractivity contribution in [3.05, 3.63) is 55.6 Å². The van der Waals surface area contributed by atoms with Crippen LogP contribution in [0.15, 0.2) is 27.8 Å². The van der Waals surface area contributed by atoms with Crippen LogP contribution in [0.3, 0.4) is 0 Å². The highest BCUT2D eigenvalue weighted by Gasteiger charge is 2.19. The molecule has 0 saturated heterocycles. The molecule has 4 N–H and O–H groups in total. The minimum atomic E-state index is -0.584. The largest absolute Gasteiger partial charge is 0.383 e. The molecule has 0 heterocycles. The third-order valence-electron chi connectivity index (χ3n) is 2.96. The van der Waals surface area contributed by atoms with Crippen molar-refractivity contribution in [1.29, 1.82) is 0 Å². The minimum absolute atomic E-state index is 0. The van der Waals surface area contributed by atoms with Crippen LogP contribution in [0.5, 0.6) is 0 Å². The molecular weight excluding hydrogens is 285 g/mol. The second-order valence-corrected chi connectivity index (χ2v) is 4.14. The monoisotopic (exact) mass is 299 g/mol. The van der Waals surface area contributed by atoms with Gasteiger partial charge in [-0.15, -0.1) is 12.4 Å². The van der Waals surface area contributed by atoms with Crippen molar-refractivity contribution in [1.82, 2.24) is 0 Å². The van der Waals surface area contributed by atoms with E-state index >= 15 is 0 Å². The number of nitrogens with one attached hydrogen (secondary N) is 2. The molecule has 108 valence electrons. The first-order valence-corrected chi connectivity index (χ1v) is 5.80. The average molecular weight is 300 g/mol. The highest BCUT2D eigenvalue weighted by Crippen LogP contribution is 2.16. The molecule has 0 radical (unpaired) electrons. The predicted octanol–water partition coefficient (Wildman–Crippen LogP) is 0.956. The maximum atomic E-state index is 13.6. The predicted molar refractivity (Wildman–Crippen MR) is 79.8 cm³/mol. The minimum Gasteiger partial charge on any atom is -0.383 e. The van der Waals surface area contributed by atoms with Crippen LogP contribution in [-0.4, -0.2) is 7.05 Å². The Morgan fingerprint density at radius 2 is 1.85 bits per heavy atom. The molecule has 20 heavy (non-hydrogen) atoms. The summed E-state index contributed by atoms with van der Waals surface area (Å²) in [5.41, 5.74) is 5.99. The van der Waals surface area contributed by atoms with Gasteiger partial charge in [-0.25, -0.2) is 4.39 Å². The summed E-state index contributed by atoms with van der Waals surface area (Å²) < 4.78 is 13.6. The topological polar surface area (TPSA) is 84.2 Å². The molecule has 0 unspecified atom stereocenters. The molecule has 0 amide bonds. The number of anilines is 2. The summed E-state index contributed by atoms with van der Waals surface area (Å²) in [6, 6.07) is 4.57. The van der Waals surface area contributed by atoms with E-state index in [1.54, 1.807) is 19.2 Å². The SMILES string of the molecule is CNc1c(NCc2cc(CN)ccc2F)c(=O)c1=O.Cl. The number of rotatable bonds is 5. The van der Waals surface area contributed by atoms with Crippen molar-refractivity contribution in [2.75, 3.05) is 17.7 Å². The summed E-state index contributed by atoms with van der Waals surface area (Å²) in [7, 11) is 1.55. The standard InChI is InChI=1S/C13H14FN3O2.ClH/c1-16-10-11(13(19)12(10)18)17-6-8-4-7(5-15)2-3-9(8)14;/h2-4,16-17H,5-6,15H2,1H3;1H. The zero-order valence-electron chi connectivity index (χ0n) is 10.8. The van der Waals surface area contributed by atoms with Crippen LogP contribution in [0.1, 0.15) is 11.1 Å². The van der Waals surface area contributed by atoms with E-state index in [-0.39, 0.29) is 36.1 Å². The van der Waals surface area contributed by atoms with Gasteiger partial charge in [0.05, 0.1) is 0 Å². The van der Waals surface area contributed by atoms with Crippen LogP contribution < -0.4 is 27.2 Å². The molecule has 0 aliphatic rings. The molecular formula is C13H15ClFN3O2. The maximum Gasteiger partial charge on any atom is 0.253 e. The molecule has 0 atom stereocenters. The first-order valence-electron chi connectivity index (χ1n) is 5.80. The zero-order valence-corrected chi connectivity index (χ0v) is 11.6. The number of nitrogens with two attached hydrogens (primary N) is 1. The lowest BCUT2D eigenvalue weighted by atomic mass is 10.1. The van der Waals surface area contributed by atoms with Crippen molar-refractivity contribution in [3.8, 4) is 0 Å². The molecule has 0 bridgehead atoms. The highest BCUT2D eigenvalue weighted by atomic mass is 35.5. The molecule has 2 aromatic rings. The van der Waals surface area contributed by atoms with Crippen LogP contribution in [0.25, 0.3) is 0 Å². The number of halogens is 2. The summed E-state index contributed by atoms with van der Waals surface area (Å²) in [6.07, 6.45) is 0. The Labute approximate surface area is 121 Å². The molecule has 7 heteroatoms. The summed E-state index contributed by atoms with van der Waals surface area (Å²) in [5, 5.41) is 5.41. The van der Waals surface area contributed by atoms with Gasteiger partial charge in [0.1, 0.15) is 17.2 Å². The van der Waals surface area contributed by atoms with Crippen LogP contribution in [0.4, 0.5) is 15.8 Å². The second-order valence-electron chi connectivity index (χ2n) is 4.14. The van der Waals surface area contributed by atoms with E-state index in [1.165, 1.54) is 6.07 Å². The lowest BCUT2D eigenvalue weighted by Gasteiger charge is -2.13. The molecule has 0 spiro atoms. The van der Waals surface area contributed by atoms with E-state index in [1.807, 2.05) is 0 Å². The van der Waals surface area contributed by atoms with Gasteiger partial charge in [0.15, 0.2) is 0 Å². The Bertz CT molecular complexity index is 681. The van der Waals surface area contributed by atoms with Crippen molar-refractivity contribution < 1.29 is 4.39 Å². The van der Waals surface area contributed by atoms with Crippen molar-refractivity contribution in [2.45, 2.75) is 13.1 Å². The van der Waals surface area contributed by atoms with E-state index in [0.29, 0.717) is 12.1 Å². The Morgan fingerprint density at radius 3 is 2.45 bits per heavy atom. The van der Waals surface area contributed by atoms with Gasteiger partial charge in [0.2, 0.25) is 0 Å². The Kier molecular flexibility index (Phi) is 5.24. The molecule has 0 aliphatic heterocycles. The first-order chi connectivity index (χ1) is 9.08. The van der Waals surface area contributed by atoms with Gasteiger partial charge in [-0.05, 0) is 17.7 Å². The normalized spacial score (nSPS) is 10.2. The van der Waals surface area contributed by atoms with Gasteiger partial charge in [-0.2, -0.15) is 0 Å². The van der Waals surface area contributed by atoms with E-state index in [2.05, 4.69) is 10.6 Å². The smallest absolute Gasteiger partial charge is 0.253 e. The maximum absolute atomic E-state index is 13.6. The molecule has 2 aromatic carbocycles. The van der Waals surface area contributed by atoms with E-state index in [9.17, 15) is 14.0 Å². The third kappa shape index (κ3) is 2.81. The Morgan fingerprint density at radius 1 is 1.20 bits per heavy atom. The molecule has 5 nitrogen and oxygen atoms in total. The van der Waals surface area contributed by atoms with Crippen LogP contribution in [-0.2, 0) is 13.1 Å².